The standard InChI is InChI=1S/C13H18O3/c1-13(2,3)12(16)7-5-9-4-6-10(14)11(15)8-9/h4-8,12,14-16H,1-3H3. The summed E-state index contributed by atoms with van der Waals surface area (Å²) in [4.78, 5) is 0. The Balaban J connectivity index is 2.81. The highest BCUT2D eigenvalue weighted by molar-refractivity contribution is 5.55. The topological polar surface area (TPSA) is 60.7 Å². The number of hydrogen-bond acceptors (Lipinski definition) is 3. The Labute approximate surface area is 95.7 Å². The lowest BCUT2D eigenvalue weighted by Gasteiger charge is -2.22. The highest BCUT2D eigenvalue weighted by Crippen LogP contribution is 2.26. The van der Waals surface area contributed by atoms with E-state index in [1.807, 2.05) is 20.8 Å². The largest absolute Gasteiger partial charge is 0.504 e. The van der Waals surface area contributed by atoms with Gasteiger partial charge in [-0.3, -0.25) is 0 Å². The maximum absolute atomic E-state index is 9.77. The van der Waals surface area contributed by atoms with Gasteiger partial charge in [-0.2, -0.15) is 0 Å². The summed E-state index contributed by atoms with van der Waals surface area (Å²) in [7, 11) is 0. The maximum Gasteiger partial charge on any atom is 0.157 e. The number of benzene rings is 1. The average molecular weight is 222 g/mol. The Morgan fingerprint density at radius 3 is 2.25 bits per heavy atom. The predicted octanol–water partition coefficient (Wildman–Crippen LogP) is 2.52. The van der Waals surface area contributed by atoms with Crippen LogP contribution in [0.15, 0.2) is 24.3 Å². The molecule has 0 spiro atoms. The molecule has 1 aromatic carbocycles. The molecule has 0 saturated heterocycles. The third-order valence-electron chi connectivity index (χ3n) is 2.36. The number of rotatable bonds is 2. The number of phenols is 2. The van der Waals surface area contributed by atoms with Crippen LogP contribution in [-0.4, -0.2) is 21.4 Å². The molecule has 3 heteroatoms. The molecule has 1 rings (SSSR count). The molecule has 1 unspecified atom stereocenters. The van der Waals surface area contributed by atoms with Crippen LogP contribution in [0.5, 0.6) is 11.5 Å². The molecule has 16 heavy (non-hydrogen) atoms. The lowest BCUT2D eigenvalue weighted by Crippen LogP contribution is -2.23. The second kappa shape index (κ2) is 4.58. The monoisotopic (exact) mass is 222 g/mol. The van der Waals surface area contributed by atoms with Crippen LogP contribution in [0.4, 0.5) is 0 Å². The number of hydrogen-bond donors (Lipinski definition) is 3. The molecule has 0 aliphatic rings. The molecule has 0 heterocycles. The van der Waals surface area contributed by atoms with Crippen molar-refractivity contribution in [2.75, 3.05) is 0 Å². The summed E-state index contributed by atoms with van der Waals surface area (Å²) in [5, 5.41) is 28.2. The van der Waals surface area contributed by atoms with Gasteiger partial charge in [-0.25, -0.2) is 0 Å². The molecule has 3 nitrogen and oxygen atoms in total. The van der Waals surface area contributed by atoms with Gasteiger partial charge in [-0.05, 0) is 23.1 Å². The molecule has 0 fully saturated rings. The summed E-state index contributed by atoms with van der Waals surface area (Å²) in [5.74, 6) is -0.305. The molecule has 0 bridgehead atoms. The molecule has 1 aromatic rings. The molecule has 0 aliphatic heterocycles. The van der Waals surface area contributed by atoms with Crippen molar-refractivity contribution in [1.82, 2.24) is 0 Å². The second-order valence-corrected chi connectivity index (χ2v) is 4.92. The summed E-state index contributed by atoms with van der Waals surface area (Å²) in [6.45, 7) is 5.82. The third kappa shape index (κ3) is 3.28. The van der Waals surface area contributed by atoms with Gasteiger partial charge in [0.05, 0.1) is 6.10 Å². The van der Waals surface area contributed by atoms with Crippen LogP contribution < -0.4 is 0 Å². The van der Waals surface area contributed by atoms with Crippen LogP contribution in [0, 0.1) is 5.41 Å². The van der Waals surface area contributed by atoms with Crippen molar-refractivity contribution in [2.45, 2.75) is 26.9 Å². The Bertz CT molecular complexity index is 389. The highest BCUT2D eigenvalue weighted by atomic mass is 16.3. The Kier molecular flexibility index (Phi) is 3.60. The van der Waals surface area contributed by atoms with E-state index >= 15 is 0 Å². The van der Waals surface area contributed by atoms with Crippen LogP contribution in [0.1, 0.15) is 26.3 Å². The number of aliphatic hydroxyl groups is 1. The van der Waals surface area contributed by atoms with Crippen molar-refractivity contribution in [2.24, 2.45) is 5.41 Å². The maximum atomic E-state index is 9.77. The van der Waals surface area contributed by atoms with E-state index in [1.165, 1.54) is 12.1 Å². The highest BCUT2D eigenvalue weighted by Gasteiger charge is 2.18. The minimum atomic E-state index is -0.552. The molecular weight excluding hydrogens is 204 g/mol. The summed E-state index contributed by atoms with van der Waals surface area (Å²) < 4.78 is 0. The molecule has 88 valence electrons. The lowest BCUT2D eigenvalue weighted by atomic mass is 9.89. The number of aliphatic hydroxyl groups excluding tert-OH is 1. The van der Waals surface area contributed by atoms with E-state index in [1.54, 1.807) is 18.2 Å². The van der Waals surface area contributed by atoms with Crippen LogP contribution in [0.3, 0.4) is 0 Å². The molecule has 0 aromatic heterocycles. The molecule has 1 atom stereocenters. The normalized spacial score (nSPS) is 14.2. The van der Waals surface area contributed by atoms with E-state index in [0.29, 0.717) is 0 Å². The minimum Gasteiger partial charge on any atom is -0.504 e. The van der Waals surface area contributed by atoms with Gasteiger partial charge in [0.15, 0.2) is 11.5 Å². The number of phenolic OH excluding ortho intramolecular Hbond substituents is 2. The second-order valence-electron chi connectivity index (χ2n) is 4.92. The molecule has 0 aliphatic carbocycles. The van der Waals surface area contributed by atoms with Gasteiger partial charge in [-0.1, -0.05) is 39.0 Å². The van der Waals surface area contributed by atoms with Crippen molar-refractivity contribution < 1.29 is 15.3 Å². The van der Waals surface area contributed by atoms with E-state index in [9.17, 15) is 10.2 Å². The smallest absolute Gasteiger partial charge is 0.157 e. The lowest BCUT2D eigenvalue weighted by molar-refractivity contribution is 0.106. The van der Waals surface area contributed by atoms with Crippen molar-refractivity contribution in [1.29, 1.82) is 0 Å². The van der Waals surface area contributed by atoms with Gasteiger partial charge in [0.25, 0.3) is 0 Å². The fourth-order valence-electron chi connectivity index (χ4n) is 1.14. The zero-order chi connectivity index (χ0) is 12.3. The molecule has 0 saturated carbocycles. The first kappa shape index (κ1) is 12.6. The van der Waals surface area contributed by atoms with Crippen molar-refractivity contribution in [3.8, 4) is 11.5 Å². The Hall–Kier alpha value is -1.48. The SMILES string of the molecule is CC(C)(C)C(O)C=Cc1ccc(O)c(O)c1. The quantitative estimate of drug-likeness (QED) is 0.674. The van der Waals surface area contributed by atoms with Crippen LogP contribution in [-0.2, 0) is 0 Å². The third-order valence-corrected chi connectivity index (χ3v) is 2.36. The Morgan fingerprint density at radius 1 is 1.12 bits per heavy atom. The average Bonchev–Trinajstić information content (AvgIpc) is 2.18. The fourth-order valence-corrected chi connectivity index (χ4v) is 1.14. The molecule has 0 amide bonds. The summed E-state index contributed by atoms with van der Waals surface area (Å²) in [6, 6.07) is 4.53. The first-order chi connectivity index (χ1) is 7.30. The van der Waals surface area contributed by atoms with Crippen LogP contribution in [0.25, 0.3) is 6.08 Å². The van der Waals surface area contributed by atoms with E-state index in [4.69, 9.17) is 5.11 Å². The fraction of sp³-hybridized carbons (Fsp3) is 0.385. The van der Waals surface area contributed by atoms with Gasteiger partial charge in [0.1, 0.15) is 0 Å². The first-order valence-electron chi connectivity index (χ1n) is 5.19. The van der Waals surface area contributed by atoms with E-state index < -0.39 is 6.10 Å². The van der Waals surface area contributed by atoms with Crippen molar-refractivity contribution in [3.05, 3.63) is 29.8 Å². The van der Waals surface area contributed by atoms with E-state index in [2.05, 4.69) is 0 Å². The van der Waals surface area contributed by atoms with Gasteiger partial charge < -0.3 is 15.3 Å². The van der Waals surface area contributed by atoms with Gasteiger partial charge >= 0.3 is 0 Å². The van der Waals surface area contributed by atoms with Crippen LogP contribution >= 0.6 is 0 Å². The zero-order valence-corrected chi connectivity index (χ0v) is 9.81. The Morgan fingerprint density at radius 2 is 1.75 bits per heavy atom. The first-order valence-corrected chi connectivity index (χ1v) is 5.19. The van der Waals surface area contributed by atoms with E-state index in [-0.39, 0.29) is 16.9 Å². The summed E-state index contributed by atoms with van der Waals surface area (Å²) in [6.07, 6.45) is 2.84. The summed E-state index contributed by atoms with van der Waals surface area (Å²) in [5.41, 5.74) is 0.522. The van der Waals surface area contributed by atoms with Gasteiger partial charge in [0.2, 0.25) is 0 Å². The molecular formula is C13H18O3. The van der Waals surface area contributed by atoms with Crippen molar-refractivity contribution >= 4 is 6.08 Å². The molecule has 3 N–H and O–H groups in total. The van der Waals surface area contributed by atoms with Gasteiger partial charge in [-0.15, -0.1) is 0 Å². The summed E-state index contributed by atoms with van der Waals surface area (Å²) >= 11 is 0. The van der Waals surface area contributed by atoms with Crippen LogP contribution in [0.2, 0.25) is 0 Å². The predicted molar refractivity (Wildman–Crippen MR) is 64.3 cm³/mol. The molecule has 0 radical (unpaired) electrons. The van der Waals surface area contributed by atoms with E-state index in [0.717, 1.165) is 5.56 Å². The van der Waals surface area contributed by atoms with Gasteiger partial charge in [0, 0.05) is 0 Å². The van der Waals surface area contributed by atoms with Crippen molar-refractivity contribution in [3.63, 3.8) is 0 Å². The number of aromatic hydroxyl groups is 2. The zero-order valence-electron chi connectivity index (χ0n) is 9.81. The minimum absolute atomic E-state index is 0.145.